The molecule has 0 bridgehead atoms. The largest absolute Gasteiger partial charge is 0.477 e. The maximum absolute atomic E-state index is 11.8. The second kappa shape index (κ2) is 23.0. The predicted octanol–water partition coefficient (Wildman–Crippen LogP) is 10.9. The van der Waals surface area contributed by atoms with Gasteiger partial charge in [-0.1, -0.05) is 34.1 Å². The molecular formula is C44H38BrN3O12S6. The van der Waals surface area contributed by atoms with Crippen LogP contribution in [0.25, 0.3) is 30.8 Å². The molecule has 0 atom stereocenters. The molecule has 0 amide bonds. The van der Waals surface area contributed by atoms with Crippen LogP contribution >= 0.6 is 84.0 Å². The normalized spacial score (nSPS) is 10.6. The van der Waals surface area contributed by atoms with E-state index in [0.717, 1.165) is 42.8 Å². The van der Waals surface area contributed by atoms with Gasteiger partial charge in [-0.15, -0.1) is 68.0 Å². The Labute approximate surface area is 407 Å². The van der Waals surface area contributed by atoms with E-state index in [0.29, 0.717) is 21.4 Å². The molecule has 66 heavy (non-hydrogen) atoms. The van der Waals surface area contributed by atoms with E-state index in [1.165, 1.54) is 81.1 Å². The monoisotopic (exact) mass is 1070 g/mol. The van der Waals surface area contributed by atoms with E-state index in [-0.39, 0.29) is 16.7 Å². The van der Waals surface area contributed by atoms with Gasteiger partial charge in [-0.2, -0.15) is 0 Å². The summed E-state index contributed by atoms with van der Waals surface area (Å²) in [6, 6.07) is 22.0. The lowest BCUT2D eigenvalue weighted by molar-refractivity contribution is 0.0587. The summed E-state index contributed by atoms with van der Waals surface area (Å²) in [5.41, 5.74) is -1.31. The summed E-state index contributed by atoms with van der Waals surface area (Å²) in [5.74, 6) is -2.64. The van der Waals surface area contributed by atoms with E-state index in [4.69, 9.17) is 18.4 Å². The first-order valence-electron chi connectivity index (χ1n) is 19.1. The van der Waals surface area contributed by atoms with Gasteiger partial charge in [-0.3, -0.25) is 0 Å². The van der Waals surface area contributed by atoms with E-state index in [1.807, 2.05) is 48.0 Å². The van der Waals surface area contributed by atoms with Gasteiger partial charge in [0, 0.05) is 59.3 Å². The Hall–Kier alpha value is -5.88. The number of thiophene rings is 6. The molecular weight excluding hydrogens is 1030 g/mol. The number of ether oxygens (including phenoxy) is 2. The van der Waals surface area contributed by atoms with Crippen molar-refractivity contribution < 1.29 is 42.2 Å². The van der Waals surface area contributed by atoms with Crippen molar-refractivity contribution in [3.63, 3.8) is 0 Å². The van der Waals surface area contributed by atoms with Gasteiger partial charge in [-0.25, -0.2) is 28.8 Å². The first-order valence-corrected chi connectivity index (χ1v) is 25.3. The van der Waals surface area contributed by atoms with Gasteiger partial charge in [0.15, 0.2) is 16.7 Å². The van der Waals surface area contributed by atoms with Crippen LogP contribution in [0.3, 0.4) is 0 Å². The lowest BCUT2D eigenvalue weighted by Crippen LogP contribution is -2.14. The van der Waals surface area contributed by atoms with E-state index >= 15 is 0 Å². The smallest absolute Gasteiger partial charge is 0.351 e. The average molecular weight is 1070 g/mol. The SMILES string of the molecule is BrCc1cccs1.CN(Cc1cccs1)c1cc2oc(=O)c(C(=O)O)cc2s1.CNc1cc2oc(=O)c(C(=O)OC)cc2s1.COC(=O)c1cc2sc(N(C)Cc3cccs3)cc2oc1=O. The highest BCUT2D eigenvalue weighted by molar-refractivity contribution is 9.08. The summed E-state index contributed by atoms with van der Waals surface area (Å²) >= 11 is 12.8. The molecule has 9 rings (SSSR count). The molecule has 0 aliphatic heterocycles. The zero-order chi connectivity index (χ0) is 47.5. The highest BCUT2D eigenvalue weighted by atomic mass is 79.9. The van der Waals surface area contributed by atoms with Gasteiger partial charge >= 0.3 is 34.8 Å². The van der Waals surface area contributed by atoms with Crippen molar-refractivity contribution in [1.82, 2.24) is 0 Å². The summed E-state index contributed by atoms with van der Waals surface area (Å²) in [6.07, 6.45) is 0. The number of halogens is 1. The van der Waals surface area contributed by atoms with Crippen molar-refractivity contribution in [3.05, 3.63) is 152 Å². The first kappa shape index (κ1) is 49.6. The van der Waals surface area contributed by atoms with Crippen LogP contribution in [-0.2, 0) is 27.9 Å². The zero-order valence-electron chi connectivity index (χ0n) is 35.4. The molecule has 0 fully saturated rings. The van der Waals surface area contributed by atoms with Gasteiger partial charge < -0.3 is 42.9 Å². The summed E-state index contributed by atoms with van der Waals surface area (Å²) in [4.78, 5) is 76.5. The number of methoxy groups -OCH3 is 2. The third kappa shape index (κ3) is 12.5. The van der Waals surface area contributed by atoms with E-state index < -0.39 is 34.8 Å². The summed E-state index contributed by atoms with van der Waals surface area (Å²) in [6.45, 7) is 1.53. The minimum atomic E-state index is -1.27. The highest BCUT2D eigenvalue weighted by Crippen LogP contribution is 2.34. The summed E-state index contributed by atoms with van der Waals surface area (Å²) < 4.78 is 26.5. The minimum absolute atomic E-state index is 0.0793. The van der Waals surface area contributed by atoms with Gasteiger partial charge in [-0.05, 0) is 52.5 Å². The maximum atomic E-state index is 11.8. The number of carboxylic acid groups (broad SMARTS) is 1. The molecule has 9 aromatic heterocycles. The molecule has 0 unspecified atom stereocenters. The molecule has 0 spiro atoms. The zero-order valence-corrected chi connectivity index (χ0v) is 41.9. The highest BCUT2D eigenvalue weighted by Gasteiger charge is 2.19. The fourth-order valence-corrected chi connectivity index (χ4v) is 11.2. The number of hydrogen-bond acceptors (Lipinski definition) is 20. The van der Waals surface area contributed by atoms with Crippen LogP contribution in [0, 0.1) is 0 Å². The predicted molar refractivity (Wildman–Crippen MR) is 270 cm³/mol. The first-order chi connectivity index (χ1) is 31.7. The molecule has 0 saturated heterocycles. The minimum Gasteiger partial charge on any atom is -0.477 e. The number of rotatable bonds is 11. The number of carboxylic acids is 1. The number of carbonyl (C=O) groups excluding carboxylic acids is 2. The molecule has 9 heterocycles. The topological polar surface area (TPSA) is 199 Å². The second-order valence-corrected chi connectivity index (χ2v) is 20.3. The Morgan fingerprint density at radius 1 is 0.621 bits per heavy atom. The van der Waals surface area contributed by atoms with Crippen molar-refractivity contribution in [2.75, 3.05) is 50.5 Å². The van der Waals surface area contributed by atoms with Crippen molar-refractivity contribution in [1.29, 1.82) is 0 Å². The second-order valence-electron chi connectivity index (χ2n) is 13.4. The van der Waals surface area contributed by atoms with Crippen LogP contribution in [0.1, 0.15) is 45.7 Å². The Kier molecular flexibility index (Phi) is 17.3. The number of anilines is 3. The molecule has 15 nitrogen and oxygen atoms in total. The molecule has 0 radical (unpaired) electrons. The molecule has 9 aromatic rings. The quantitative estimate of drug-likeness (QED) is 0.0915. The Morgan fingerprint density at radius 2 is 1.02 bits per heavy atom. The number of alkyl halides is 1. The molecule has 344 valence electrons. The fraction of sp³-hybridized carbons (Fsp3) is 0.182. The van der Waals surface area contributed by atoms with Crippen molar-refractivity contribution in [3.8, 4) is 0 Å². The third-order valence-electron chi connectivity index (χ3n) is 8.94. The number of esters is 2. The van der Waals surface area contributed by atoms with Crippen LogP contribution < -0.4 is 32.0 Å². The Bertz CT molecular complexity index is 3240. The van der Waals surface area contributed by atoms with Crippen LogP contribution in [-0.4, -0.2) is 58.4 Å². The number of aromatic carboxylic acids is 1. The molecule has 0 saturated carbocycles. The van der Waals surface area contributed by atoms with E-state index in [9.17, 15) is 28.8 Å². The van der Waals surface area contributed by atoms with Crippen LogP contribution in [0.2, 0.25) is 0 Å². The number of hydrogen-bond donors (Lipinski definition) is 2. The number of fused-ring (bicyclic) bond motifs is 3. The maximum Gasteiger partial charge on any atom is 0.351 e. The number of nitrogens with one attached hydrogen (secondary N) is 1. The molecule has 0 aliphatic rings. The van der Waals surface area contributed by atoms with Crippen molar-refractivity contribution >= 4 is 148 Å². The Morgan fingerprint density at radius 3 is 1.38 bits per heavy atom. The average Bonchev–Trinajstić information content (AvgIpc) is 4.17. The Balaban J connectivity index is 0.000000154. The van der Waals surface area contributed by atoms with Gasteiger partial charge in [0.25, 0.3) is 0 Å². The molecule has 0 aliphatic carbocycles. The van der Waals surface area contributed by atoms with Crippen molar-refractivity contribution in [2.24, 2.45) is 0 Å². The molecule has 22 heteroatoms. The van der Waals surface area contributed by atoms with Gasteiger partial charge in [0.05, 0.1) is 56.4 Å². The van der Waals surface area contributed by atoms with Crippen LogP contribution in [0.4, 0.5) is 15.0 Å². The molecule has 2 N–H and O–H groups in total. The fourth-order valence-electron chi connectivity index (χ4n) is 5.69. The van der Waals surface area contributed by atoms with Crippen LogP contribution in [0.15, 0.2) is 117 Å². The number of nitrogens with zero attached hydrogens (tertiary/aromatic N) is 2. The third-order valence-corrected chi connectivity index (χ3v) is 16.0. The summed E-state index contributed by atoms with van der Waals surface area (Å²) in [7, 11) is 8.15. The molecule has 0 aromatic carbocycles. The van der Waals surface area contributed by atoms with E-state index in [2.05, 4.69) is 65.3 Å². The van der Waals surface area contributed by atoms with Gasteiger partial charge in [0.1, 0.15) is 16.7 Å². The van der Waals surface area contributed by atoms with Gasteiger partial charge in [0.2, 0.25) is 0 Å². The summed E-state index contributed by atoms with van der Waals surface area (Å²) in [5, 5.41) is 21.8. The van der Waals surface area contributed by atoms with E-state index in [1.54, 1.807) is 53.2 Å². The lowest BCUT2D eigenvalue weighted by Gasteiger charge is -2.15. The van der Waals surface area contributed by atoms with Crippen LogP contribution in [0.5, 0.6) is 0 Å². The number of carbonyl (C=O) groups is 3. The lowest BCUT2D eigenvalue weighted by atomic mass is 10.3. The standard InChI is InChI=1S/C15H13NO4S2.C14H11NO4S2.C10H9NO4S.C5H5BrS/c1-16(8-9-4-3-5-21-9)13-7-11-12(22-13)6-10(14(17)19-2)15(18)20-11;1-15(7-8-3-2-4-20-8)12-6-10-11(21-12)5-9(13(16)17)14(18)19-10;1-11-8-4-6-7(16-8)3-5(9(12)14-2)10(13)15-6;6-4-5-2-1-3-7-5/h3-7H,8H2,1-2H3;2-6H,7H2,1H3,(H,16,17);3-4,11H,1-2H3;1-3H,4H2. The van der Waals surface area contributed by atoms with Crippen molar-refractivity contribution in [2.45, 2.75) is 18.4 Å².